The molecule has 0 saturated heterocycles. The molecule has 1 atom stereocenters. The molecular weight excluding hydrogens is 298 g/mol. The number of esters is 1. The van der Waals surface area contributed by atoms with E-state index in [0.717, 1.165) is 10.0 Å². The summed E-state index contributed by atoms with van der Waals surface area (Å²) >= 11 is 3.33. The Bertz CT molecular complexity index is 460. The van der Waals surface area contributed by atoms with Gasteiger partial charge >= 0.3 is 5.97 Å². The van der Waals surface area contributed by atoms with Crippen molar-refractivity contribution in [1.82, 2.24) is 5.32 Å². The van der Waals surface area contributed by atoms with Crippen LogP contribution in [-0.2, 0) is 9.53 Å². The zero-order chi connectivity index (χ0) is 13.7. The van der Waals surface area contributed by atoms with Gasteiger partial charge in [-0.25, -0.2) is 4.79 Å². The number of hydrogen-bond acceptors (Lipinski definition) is 3. The van der Waals surface area contributed by atoms with Crippen LogP contribution in [0.2, 0.25) is 0 Å². The Morgan fingerprint density at radius 1 is 1.44 bits per heavy atom. The van der Waals surface area contributed by atoms with E-state index < -0.39 is 12.0 Å². The molecule has 0 aliphatic heterocycles. The first kappa shape index (κ1) is 14.7. The highest BCUT2D eigenvalue weighted by molar-refractivity contribution is 9.10. The molecule has 1 N–H and O–H groups in total. The van der Waals surface area contributed by atoms with Gasteiger partial charge in [-0.3, -0.25) is 4.79 Å². The largest absolute Gasteiger partial charge is 0.464 e. The van der Waals surface area contributed by atoms with Crippen LogP contribution < -0.4 is 5.32 Å². The fourth-order valence-electron chi connectivity index (χ4n) is 1.48. The van der Waals surface area contributed by atoms with Gasteiger partial charge in [0.05, 0.1) is 6.61 Å². The molecule has 5 heteroatoms. The van der Waals surface area contributed by atoms with E-state index in [2.05, 4.69) is 21.2 Å². The Labute approximate surface area is 115 Å². The molecule has 4 nitrogen and oxygen atoms in total. The Hall–Kier alpha value is -1.36. The van der Waals surface area contributed by atoms with E-state index in [4.69, 9.17) is 4.74 Å². The third-order valence-electron chi connectivity index (χ3n) is 2.42. The molecule has 0 saturated carbocycles. The second kappa shape index (κ2) is 6.54. The summed E-state index contributed by atoms with van der Waals surface area (Å²) in [7, 11) is 0. The predicted molar refractivity (Wildman–Crippen MR) is 72.4 cm³/mol. The average Bonchev–Trinajstić information content (AvgIpc) is 2.28. The van der Waals surface area contributed by atoms with E-state index in [0.29, 0.717) is 12.2 Å². The maximum absolute atomic E-state index is 12.0. The number of carbonyl (C=O) groups is 2. The predicted octanol–water partition coefficient (Wildman–Crippen LogP) is 2.44. The highest BCUT2D eigenvalue weighted by Gasteiger charge is 2.18. The number of halogens is 1. The monoisotopic (exact) mass is 313 g/mol. The molecule has 0 aliphatic carbocycles. The second-order valence-electron chi connectivity index (χ2n) is 3.91. The third kappa shape index (κ3) is 3.84. The van der Waals surface area contributed by atoms with Gasteiger partial charge in [0.25, 0.3) is 5.91 Å². The molecule has 0 fully saturated rings. The zero-order valence-corrected chi connectivity index (χ0v) is 12.2. The quantitative estimate of drug-likeness (QED) is 0.869. The molecule has 0 bridgehead atoms. The van der Waals surface area contributed by atoms with Crippen molar-refractivity contribution < 1.29 is 14.3 Å². The van der Waals surface area contributed by atoms with Crippen LogP contribution >= 0.6 is 15.9 Å². The Morgan fingerprint density at radius 2 is 2.11 bits per heavy atom. The van der Waals surface area contributed by atoms with E-state index in [1.165, 1.54) is 0 Å². The van der Waals surface area contributed by atoms with Gasteiger partial charge < -0.3 is 10.1 Å². The van der Waals surface area contributed by atoms with Crippen LogP contribution in [0.15, 0.2) is 22.7 Å². The lowest BCUT2D eigenvalue weighted by molar-refractivity contribution is -0.144. The van der Waals surface area contributed by atoms with Crippen molar-refractivity contribution in [3.63, 3.8) is 0 Å². The van der Waals surface area contributed by atoms with Crippen LogP contribution in [0.3, 0.4) is 0 Å². The number of aryl methyl sites for hydroxylation is 1. The van der Waals surface area contributed by atoms with Crippen LogP contribution in [0.5, 0.6) is 0 Å². The molecule has 18 heavy (non-hydrogen) atoms. The minimum absolute atomic E-state index is 0.277. The van der Waals surface area contributed by atoms with E-state index in [-0.39, 0.29) is 5.91 Å². The van der Waals surface area contributed by atoms with E-state index in [1.807, 2.05) is 13.0 Å². The van der Waals surface area contributed by atoms with Crippen LogP contribution in [0.1, 0.15) is 29.8 Å². The Balaban J connectivity index is 2.73. The topological polar surface area (TPSA) is 55.4 Å². The van der Waals surface area contributed by atoms with Gasteiger partial charge in [0.2, 0.25) is 0 Å². The maximum atomic E-state index is 12.0. The summed E-state index contributed by atoms with van der Waals surface area (Å²) in [5.41, 5.74) is 1.40. The maximum Gasteiger partial charge on any atom is 0.328 e. The van der Waals surface area contributed by atoms with Gasteiger partial charge in [0.1, 0.15) is 6.04 Å². The Morgan fingerprint density at radius 3 is 2.67 bits per heavy atom. The van der Waals surface area contributed by atoms with Gasteiger partial charge in [0, 0.05) is 10.0 Å². The first-order valence-electron chi connectivity index (χ1n) is 5.69. The average molecular weight is 314 g/mol. The molecule has 1 unspecified atom stereocenters. The minimum atomic E-state index is -0.652. The first-order valence-corrected chi connectivity index (χ1v) is 6.48. The van der Waals surface area contributed by atoms with E-state index in [9.17, 15) is 9.59 Å². The van der Waals surface area contributed by atoms with Crippen LogP contribution in [-0.4, -0.2) is 24.5 Å². The lowest BCUT2D eigenvalue weighted by Crippen LogP contribution is -2.39. The minimum Gasteiger partial charge on any atom is -0.464 e. The molecule has 1 amide bonds. The fraction of sp³-hybridized carbons (Fsp3) is 0.385. The lowest BCUT2D eigenvalue weighted by Gasteiger charge is -2.13. The number of hydrogen-bond donors (Lipinski definition) is 1. The summed E-state index contributed by atoms with van der Waals surface area (Å²) in [6, 6.07) is 4.70. The molecule has 98 valence electrons. The molecule has 1 aromatic rings. The smallest absolute Gasteiger partial charge is 0.328 e. The molecule has 1 aromatic carbocycles. The molecule has 0 radical (unpaired) electrons. The zero-order valence-electron chi connectivity index (χ0n) is 10.6. The third-order valence-corrected chi connectivity index (χ3v) is 2.91. The van der Waals surface area contributed by atoms with Crippen molar-refractivity contribution in [3.8, 4) is 0 Å². The van der Waals surface area contributed by atoms with Crippen LogP contribution in [0, 0.1) is 6.92 Å². The SMILES string of the molecule is CCOC(=O)C(C)NC(=O)c1ccc(Br)cc1C. The standard InChI is InChI=1S/C13H16BrNO3/c1-4-18-13(17)9(3)15-12(16)11-6-5-10(14)7-8(11)2/h5-7,9H,4H2,1-3H3,(H,15,16). The van der Waals surface area contributed by atoms with Crippen LogP contribution in [0.25, 0.3) is 0 Å². The van der Waals surface area contributed by atoms with E-state index >= 15 is 0 Å². The lowest BCUT2D eigenvalue weighted by atomic mass is 10.1. The normalized spacial score (nSPS) is 11.8. The molecule has 0 heterocycles. The van der Waals surface area contributed by atoms with Gasteiger partial charge in [-0.05, 0) is 44.5 Å². The van der Waals surface area contributed by atoms with Crippen LogP contribution in [0.4, 0.5) is 0 Å². The van der Waals surface area contributed by atoms with Crippen molar-refractivity contribution in [2.75, 3.05) is 6.61 Å². The highest BCUT2D eigenvalue weighted by Crippen LogP contribution is 2.15. The number of amides is 1. The summed E-state index contributed by atoms with van der Waals surface area (Å²) < 4.78 is 5.74. The van der Waals surface area contributed by atoms with Gasteiger partial charge in [-0.2, -0.15) is 0 Å². The summed E-state index contributed by atoms with van der Waals surface area (Å²) in [5, 5.41) is 2.61. The second-order valence-corrected chi connectivity index (χ2v) is 4.82. The number of carbonyl (C=O) groups excluding carboxylic acids is 2. The van der Waals surface area contributed by atoms with Crippen molar-refractivity contribution in [2.45, 2.75) is 26.8 Å². The van der Waals surface area contributed by atoms with Gasteiger partial charge in [-0.15, -0.1) is 0 Å². The van der Waals surface area contributed by atoms with Gasteiger partial charge in [0.15, 0.2) is 0 Å². The summed E-state index contributed by atoms with van der Waals surface area (Å²) in [6.07, 6.45) is 0. The molecule has 0 spiro atoms. The molecular formula is C13H16BrNO3. The van der Waals surface area contributed by atoms with Crippen molar-refractivity contribution in [1.29, 1.82) is 0 Å². The summed E-state index contributed by atoms with van der Waals surface area (Å²) in [5.74, 6) is -0.707. The van der Waals surface area contributed by atoms with E-state index in [1.54, 1.807) is 26.0 Å². The van der Waals surface area contributed by atoms with Crippen molar-refractivity contribution in [3.05, 3.63) is 33.8 Å². The molecule has 0 aromatic heterocycles. The number of nitrogens with one attached hydrogen (secondary N) is 1. The number of ether oxygens (including phenoxy) is 1. The highest BCUT2D eigenvalue weighted by atomic mass is 79.9. The number of benzene rings is 1. The first-order chi connectivity index (χ1) is 8.45. The molecule has 1 rings (SSSR count). The number of rotatable bonds is 4. The fourth-order valence-corrected chi connectivity index (χ4v) is 1.96. The van der Waals surface area contributed by atoms with Gasteiger partial charge in [-0.1, -0.05) is 15.9 Å². The molecule has 0 aliphatic rings. The van der Waals surface area contributed by atoms with Crippen molar-refractivity contribution in [2.24, 2.45) is 0 Å². The Kier molecular flexibility index (Phi) is 5.34. The summed E-state index contributed by atoms with van der Waals surface area (Å²) in [6.45, 7) is 5.47. The summed E-state index contributed by atoms with van der Waals surface area (Å²) in [4.78, 5) is 23.4. The van der Waals surface area contributed by atoms with Crippen molar-refractivity contribution >= 4 is 27.8 Å².